The Morgan fingerprint density at radius 1 is 1.15 bits per heavy atom. The van der Waals surface area contributed by atoms with Crippen LogP contribution in [0.15, 0.2) is 53.4 Å². The molecule has 0 aliphatic carbocycles. The topological polar surface area (TPSA) is 75.7 Å². The maximum Gasteiger partial charge on any atom is 0.251 e. The zero-order chi connectivity index (χ0) is 19.3. The third-order valence-electron chi connectivity index (χ3n) is 4.09. The van der Waals surface area contributed by atoms with E-state index in [1.54, 1.807) is 6.07 Å². The van der Waals surface area contributed by atoms with Crippen LogP contribution >= 0.6 is 0 Å². The second-order valence-corrected chi connectivity index (χ2v) is 8.22. The molecule has 1 atom stereocenters. The van der Waals surface area contributed by atoms with Crippen molar-refractivity contribution in [1.29, 1.82) is 0 Å². The van der Waals surface area contributed by atoms with Crippen LogP contribution in [0.25, 0.3) is 0 Å². The van der Waals surface area contributed by atoms with Crippen LogP contribution in [-0.2, 0) is 9.84 Å². The highest BCUT2D eigenvalue weighted by Crippen LogP contribution is 2.25. The van der Waals surface area contributed by atoms with Crippen molar-refractivity contribution >= 4 is 15.7 Å². The first-order chi connectivity index (χ1) is 12.2. The van der Waals surface area contributed by atoms with Crippen molar-refractivity contribution in [3.05, 3.63) is 59.7 Å². The molecule has 26 heavy (non-hydrogen) atoms. The van der Waals surface area contributed by atoms with Gasteiger partial charge in [-0.15, -0.1) is 0 Å². The highest BCUT2D eigenvalue weighted by molar-refractivity contribution is 7.90. The van der Waals surface area contributed by atoms with Gasteiger partial charge in [0.2, 0.25) is 0 Å². The summed E-state index contributed by atoms with van der Waals surface area (Å²) in [6.45, 7) is 0.399. The first kappa shape index (κ1) is 19.9. The van der Waals surface area contributed by atoms with Gasteiger partial charge >= 0.3 is 0 Å². The fourth-order valence-electron chi connectivity index (χ4n) is 2.67. The van der Waals surface area contributed by atoms with Crippen molar-refractivity contribution < 1.29 is 17.9 Å². The van der Waals surface area contributed by atoms with Crippen molar-refractivity contribution in [3.63, 3.8) is 0 Å². The Labute approximate surface area is 154 Å². The number of sulfone groups is 1. The van der Waals surface area contributed by atoms with Crippen LogP contribution in [0, 0.1) is 0 Å². The van der Waals surface area contributed by atoms with Crippen molar-refractivity contribution in [3.8, 4) is 5.75 Å². The molecule has 0 bridgehead atoms. The van der Waals surface area contributed by atoms with E-state index in [0.29, 0.717) is 6.54 Å². The van der Waals surface area contributed by atoms with Crippen LogP contribution in [0.2, 0.25) is 0 Å². The van der Waals surface area contributed by atoms with Gasteiger partial charge in [0, 0.05) is 18.4 Å². The Morgan fingerprint density at radius 3 is 2.35 bits per heavy atom. The van der Waals surface area contributed by atoms with E-state index in [0.717, 1.165) is 11.8 Å². The Kier molecular flexibility index (Phi) is 6.39. The van der Waals surface area contributed by atoms with Gasteiger partial charge < -0.3 is 15.0 Å². The molecule has 0 aliphatic rings. The van der Waals surface area contributed by atoms with Crippen LogP contribution in [0.5, 0.6) is 5.75 Å². The summed E-state index contributed by atoms with van der Waals surface area (Å²) in [6.07, 6.45) is 1.09. The molecular formula is C19H24N2O4S. The molecule has 0 aromatic heterocycles. The summed E-state index contributed by atoms with van der Waals surface area (Å²) in [4.78, 5) is 14.5. The Bertz CT molecular complexity index is 864. The molecule has 2 rings (SSSR count). The lowest BCUT2D eigenvalue weighted by Gasteiger charge is -2.25. The molecule has 0 saturated carbocycles. The van der Waals surface area contributed by atoms with E-state index in [-0.39, 0.29) is 28.2 Å². The Hall–Kier alpha value is -2.38. The van der Waals surface area contributed by atoms with Crippen molar-refractivity contribution in [1.82, 2.24) is 10.2 Å². The summed E-state index contributed by atoms with van der Waals surface area (Å²) in [7, 11) is 1.78. The average Bonchev–Trinajstić information content (AvgIpc) is 2.61. The van der Waals surface area contributed by atoms with Crippen LogP contribution in [-0.4, -0.2) is 53.2 Å². The molecule has 1 N–H and O–H groups in total. The molecule has 7 heteroatoms. The molecule has 0 saturated heterocycles. The minimum Gasteiger partial charge on any atom is -0.495 e. The molecule has 1 amide bonds. The Morgan fingerprint density at radius 2 is 1.81 bits per heavy atom. The number of carbonyl (C=O) groups excluding carboxylic acids is 1. The number of benzene rings is 2. The van der Waals surface area contributed by atoms with Gasteiger partial charge in [-0.3, -0.25) is 4.79 Å². The number of nitrogens with zero attached hydrogens (tertiary/aromatic N) is 1. The first-order valence-electron chi connectivity index (χ1n) is 8.11. The average molecular weight is 376 g/mol. The quantitative estimate of drug-likeness (QED) is 0.801. The van der Waals surface area contributed by atoms with Crippen LogP contribution in [0.3, 0.4) is 0 Å². The maximum atomic E-state index is 12.5. The molecular weight excluding hydrogens is 352 g/mol. The number of rotatable bonds is 7. The minimum atomic E-state index is -3.50. The summed E-state index contributed by atoms with van der Waals surface area (Å²) >= 11 is 0. The minimum absolute atomic E-state index is 0.000121. The lowest BCUT2D eigenvalue weighted by atomic mass is 10.1. The molecule has 1 unspecified atom stereocenters. The van der Waals surface area contributed by atoms with Gasteiger partial charge in [0.1, 0.15) is 10.6 Å². The molecule has 6 nitrogen and oxygen atoms in total. The van der Waals surface area contributed by atoms with Gasteiger partial charge in [-0.25, -0.2) is 8.42 Å². The van der Waals surface area contributed by atoms with Crippen LogP contribution < -0.4 is 10.1 Å². The van der Waals surface area contributed by atoms with E-state index in [2.05, 4.69) is 5.32 Å². The second kappa shape index (κ2) is 8.33. The van der Waals surface area contributed by atoms with E-state index in [4.69, 9.17) is 4.74 Å². The van der Waals surface area contributed by atoms with E-state index < -0.39 is 9.84 Å². The van der Waals surface area contributed by atoms with Gasteiger partial charge in [-0.2, -0.15) is 0 Å². The highest BCUT2D eigenvalue weighted by atomic mass is 32.2. The molecule has 0 radical (unpaired) electrons. The number of amides is 1. The van der Waals surface area contributed by atoms with Crippen molar-refractivity contribution in [2.24, 2.45) is 0 Å². The third kappa shape index (κ3) is 4.83. The predicted octanol–water partition coefficient (Wildman–Crippen LogP) is 2.13. The van der Waals surface area contributed by atoms with Gasteiger partial charge in [-0.1, -0.05) is 30.3 Å². The van der Waals surface area contributed by atoms with E-state index >= 15 is 0 Å². The number of ether oxygens (including phenoxy) is 1. The summed E-state index contributed by atoms with van der Waals surface area (Å²) in [5, 5.41) is 2.88. The predicted molar refractivity (Wildman–Crippen MR) is 101 cm³/mol. The van der Waals surface area contributed by atoms with E-state index in [9.17, 15) is 13.2 Å². The molecule has 2 aromatic carbocycles. The second-order valence-electron chi connectivity index (χ2n) is 6.24. The van der Waals surface area contributed by atoms with Crippen LogP contribution in [0.4, 0.5) is 0 Å². The molecule has 0 heterocycles. The zero-order valence-electron chi connectivity index (χ0n) is 15.4. The maximum absolute atomic E-state index is 12.5. The molecule has 0 aliphatic heterocycles. The fraction of sp³-hybridized carbons (Fsp3) is 0.316. The molecule has 140 valence electrons. The first-order valence-corrected chi connectivity index (χ1v) is 10.0. The summed E-state index contributed by atoms with van der Waals surface area (Å²) in [6, 6.07) is 14.3. The number of hydrogen-bond donors (Lipinski definition) is 1. The van der Waals surface area contributed by atoms with E-state index in [1.807, 2.05) is 49.3 Å². The Balaban J connectivity index is 2.19. The molecule has 0 fully saturated rings. The molecule has 0 spiro atoms. The number of carbonyl (C=O) groups is 1. The van der Waals surface area contributed by atoms with E-state index in [1.165, 1.54) is 19.2 Å². The monoisotopic (exact) mass is 376 g/mol. The van der Waals surface area contributed by atoms with Crippen LogP contribution in [0.1, 0.15) is 22.0 Å². The lowest BCUT2D eigenvalue weighted by Crippen LogP contribution is -2.34. The fourth-order valence-corrected chi connectivity index (χ4v) is 3.53. The third-order valence-corrected chi connectivity index (χ3v) is 5.21. The standard InChI is InChI=1S/C19H24N2O4S/c1-21(2)16(14-8-6-5-7-9-14)13-20-19(22)15-10-11-17(25-3)18(12-15)26(4,23)24/h5-12,16H,13H2,1-4H3,(H,20,22). The largest absolute Gasteiger partial charge is 0.495 e. The summed E-state index contributed by atoms with van der Waals surface area (Å²) in [5.41, 5.74) is 1.36. The zero-order valence-corrected chi connectivity index (χ0v) is 16.2. The normalized spacial score (nSPS) is 12.7. The molecule has 2 aromatic rings. The van der Waals surface area contributed by atoms with Gasteiger partial charge in [0.25, 0.3) is 5.91 Å². The lowest BCUT2D eigenvalue weighted by molar-refractivity contribution is 0.0941. The highest BCUT2D eigenvalue weighted by Gasteiger charge is 2.19. The SMILES string of the molecule is COc1ccc(C(=O)NCC(c2ccccc2)N(C)C)cc1S(C)(=O)=O. The number of hydrogen-bond acceptors (Lipinski definition) is 5. The van der Waals surface area contributed by atoms with Gasteiger partial charge in [0.05, 0.1) is 13.2 Å². The number of likely N-dealkylation sites (N-methyl/N-ethyl adjacent to an activating group) is 1. The van der Waals surface area contributed by atoms with Gasteiger partial charge in [-0.05, 0) is 37.9 Å². The smallest absolute Gasteiger partial charge is 0.251 e. The number of methoxy groups -OCH3 is 1. The summed E-state index contributed by atoms with van der Waals surface area (Å²) < 4.78 is 28.9. The number of nitrogens with one attached hydrogen (secondary N) is 1. The van der Waals surface area contributed by atoms with Crippen molar-refractivity contribution in [2.45, 2.75) is 10.9 Å². The van der Waals surface area contributed by atoms with Crippen molar-refractivity contribution in [2.75, 3.05) is 34.0 Å². The van der Waals surface area contributed by atoms with Gasteiger partial charge in [0.15, 0.2) is 9.84 Å². The summed E-state index contributed by atoms with van der Waals surface area (Å²) in [5.74, 6) is -0.111.